The Bertz CT molecular complexity index is 1110. The van der Waals surface area contributed by atoms with E-state index in [9.17, 15) is 0 Å². The molecule has 2 aliphatic heterocycles. The van der Waals surface area contributed by atoms with E-state index in [0.717, 1.165) is 67.3 Å². The maximum absolute atomic E-state index is 6.70. The molecule has 2 aliphatic rings. The molecule has 0 radical (unpaired) electrons. The van der Waals surface area contributed by atoms with Crippen LogP contribution in [0.2, 0.25) is 0 Å². The quantitative estimate of drug-likeness (QED) is 0.382. The molecule has 5 rings (SSSR count). The molecule has 1 unspecified atom stereocenters. The molecule has 1 fully saturated rings. The minimum atomic E-state index is -1.00. The summed E-state index contributed by atoms with van der Waals surface area (Å²) >= 11 is 0. The van der Waals surface area contributed by atoms with Crippen LogP contribution in [-0.2, 0) is 5.79 Å². The molecule has 7 nitrogen and oxygen atoms in total. The first kappa shape index (κ1) is 19.8. The van der Waals surface area contributed by atoms with Crippen molar-refractivity contribution in [3.63, 3.8) is 0 Å². The molecular formula is C24H29N7. The molecule has 31 heavy (non-hydrogen) atoms. The van der Waals surface area contributed by atoms with E-state index in [1.807, 2.05) is 30.5 Å². The molecule has 0 saturated carbocycles. The van der Waals surface area contributed by atoms with Crippen molar-refractivity contribution in [1.82, 2.24) is 25.8 Å². The SMILES string of the molecule is NC1(c2cccc(-c3c[nH]c4ccccc34)c2)N=CC=C(NCCCN2CCNC2)N1. The zero-order chi connectivity index (χ0) is 21.1. The largest absolute Gasteiger partial charge is 0.372 e. The van der Waals surface area contributed by atoms with E-state index >= 15 is 0 Å². The number of aromatic amines is 1. The molecule has 3 aromatic rings. The number of aromatic nitrogens is 1. The number of hydrogen-bond donors (Lipinski definition) is 5. The Labute approximate surface area is 182 Å². The number of fused-ring (bicyclic) bond motifs is 1. The van der Waals surface area contributed by atoms with E-state index < -0.39 is 5.79 Å². The normalized spacial score (nSPS) is 21.3. The van der Waals surface area contributed by atoms with Crippen LogP contribution in [0.1, 0.15) is 12.0 Å². The Morgan fingerprint density at radius 1 is 1.16 bits per heavy atom. The Morgan fingerprint density at radius 3 is 3.00 bits per heavy atom. The lowest BCUT2D eigenvalue weighted by Crippen LogP contribution is -2.52. The molecule has 1 atom stereocenters. The first-order valence-corrected chi connectivity index (χ1v) is 10.9. The van der Waals surface area contributed by atoms with E-state index in [2.05, 4.69) is 61.2 Å². The second-order valence-electron chi connectivity index (χ2n) is 8.14. The Hall–Kier alpha value is -3.13. The van der Waals surface area contributed by atoms with Crippen LogP contribution >= 0.6 is 0 Å². The number of para-hydroxylation sites is 1. The van der Waals surface area contributed by atoms with Gasteiger partial charge in [-0.1, -0.05) is 36.4 Å². The van der Waals surface area contributed by atoms with Gasteiger partial charge in [0.05, 0.1) is 0 Å². The molecule has 0 bridgehead atoms. The van der Waals surface area contributed by atoms with E-state index in [1.54, 1.807) is 6.21 Å². The van der Waals surface area contributed by atoms with Crippen molar-refractivity contribution < 1.29 is 0 Å². The van der Waals surface area contributed by atoms with Gasteiger partial charge < -0.3 is 20.9 Å². The first-order valence-electron chi connectivity index (χ1n) is 10.9. The van der Waals surface area contributed by atoms with Crippen LogP contribution in [0.4, 0.5) is 0 Å². The smallest absolute Gasteiger partial charge is 0.210 e. The highest BCUT2D eigenvalue weighted by Crippen LogP contribution is 2.31. The summed E-state index contributed by atoms with van der Waals surface area (Å²) in [6, 6.07) is 16.6. The molecule has 160 valence electrons. The second kappa shape index (κ2) is 8.55. The maximum atomic E-state index is 6.70. The predicted molar refractivity (Wildman–Crippen MR) is 126 cm³/mol. The number of aliphatic imine (C=N–C) groups is 1. The number of allylic oxidation sites excluding steroid dienone is 1. The third-order valence-corrected chi connectivity index (χ3v) is 5.95. The van der Waals surface area contributed by atoms with Crippen LogP contribution in [0.25, 0.3) is 22.0 Å². The van der Waals surface area contributed by atoms with Gasteiger partial charge in [-0.2, -0.15) is 0 Å². The summed E-state index contributed by atoms with van der Waals surface area (Å²) in [5, 5.41) is 11.4. The van der Waals surface area contributed by atoms with Crippen molar-refractivity contribution in [1.29, 1.82) is 0 Å². The van der Waals surface area contributed by atoms with Crippen molar-refractivity contribution in [3.05, 3.63) is 72.2 Å². The molecule has 6 N–H and O–H groups in total. The summed E-state index contributed by atoms with van der Waals surface area (Å²) < 4.78 is 0. The highest BCUT2D eigenvalue weighted by Gasteiger charge is 2.29. The van der Waals surface area contributed by atoms with Crippen LogP contribution in [-0.4, -0.2) is 48.9 Å². The lowest BCUT2D eigenvalue weighted by Gasteiger charge is -2.32. The summed E-state index contributed by atoms with van der Waals surface area (Å²) in [5.74, 6) is -0.104. The predicted octanol–water partition coefficient (Wildman–Crippen LogP) is 2.26. The van der Waals surface area contributed by atoms with E-state index in [1.165, 1.54) is 5.39 Å². The van der Waals surface area contributed by atoms with Gasteiger partial charge in [0.15, 0.2) is 0 Å². The van der Waals surface area contributed by atoms with Gasteiger partial charge in [-0.05, 0) is 30.2 Å². The van der Waals surface area contributed by atoms with Gasteiger partial charge in [-0.15, -0.1) is 0 Å². The van der Waals surface area contributed by atoms with Gasteiger partial charge in [0.1, 0.15) is 5.82 Å². The Kier molecular flexibility index (Phi) is 5.46. The summed E-state index contributed by atoms with van der Waals surface area (Å²) in [6.45, 7) is 5.18. The number of benzene rings is 2. The third-order valence-electron chi connectivity index (χ3n) is 5.95. The maximum Gasteiger partial charge on any atom is 0.210 e. The van der Waals surface area contributed by atoms with Crippen LogP contribution in [0.5, 0.6) is 0 Å². The van der Waals surface area contributed by atoms with Crippen molar-refractivity contribution in [2.24, 2.45) is 10.7 Å². The van der Waals surface area contributed by atoms with Gasteiger partial charge in [-0.3, -0.25) is 10.6 Å². The molecule has 1 aromatic heterocycles. The fraction of sp³-hybridized carbons (Fsp3) is 0.292. The average molecular weight is 416 g/mol. The van der Waals surface area contributed by atoms with Gasteiger partial charge >= 0.3 is 0 Å². The number of H-pyrrole nitrogens is 1. The van der Waals surface area contributed by atoms with Crippen molar-refractivity contribution in [2.45, 2.75) is 12.2 Å². The van der Waals surface area contributed by atoms with Gasteiger partial charge in [-0.25, -0.2) is 4.99 Å². The standard InChI is InChI=1S/C24H29N7/c25-24(29-11-9-23(30-24)27-10-4-13-31-14-12-26-17-31)19-6-3-5-18(15-19)21-16-28-22-8-2-1-7-20(21)22/h1-3,5-9,11,15-16,26-28,30H,4,10,12-14,17,25H2. The van der Waals surface area contributed by atoms with Crippen molar-refractivity contribution in [3.8, 4) is 11.1 Å². The zero-order valence-electron chi connectivity index (χ0n) is 17.6. The molecule has 0 spiro atoms. The summed E-state index contributed by atoms with van der Waals surface area (Å²) in [6.07, 6.45) is 6.84. The Balaban J connectivity index is 1.28. The number of nitrogens with two attached hydrogens (primary N) is 1. The highest BCUT2D eigenvalue weighted by molar-refractivity contribution is 5.95. The molecular weight excluding hydrogens is 386 g/mol. The highest BCUT2D eigenvalue weighted by atomic mass is 15.3. The molecule has 7 heteroatoms. The lowest BCUT2D eigenvalue weighted by molar-refractivity contribution is 0.325. The fourth-order valence-electron chi connectivity index (χ4n) is 4.26. The molecule has 2 aromatic carbocycles. The van der Waals surface area contributed by atoms with E-state index in [4.69, 9.17) is 5.73 Å². The summed E-state index contributed by atoms with van der Waals surface area (Å²) in [7, 11) is 0. The lowest BCUT2D eigenvalue weighted by atomic mass is 9.99. The Morgan fingerprint density at radius 2 is 2.10 bits per heavy atom. The van der Waals surface area contributed by atoms with Crippen molar-refractivity contribution in [2.75, 3.05) is 32.8 Å². The first-order chi connectivity index (χ1) is 15.2. The second-order valence-corrected chi connectivity index (χ2v) is 8.14. The van der Waals surface area contributed by atoms with Crippen LogP contribution in [0, 0.1) is 0 Å². The van der Waals surface area contributed by atoms with Crippen molar-refractivity contribution >= 4 is 17.1 Å². The van der Waals surface area contributed by atoms with Crippen LogP contribution in [0.15, 0.2) is 71.6 Å². The molecule has 1 saturated heterocycles. The van der Waals surface area contributed by atoms with Gasteiger partial charge in [0.2, 0.25) is 5.79 Å². The van der Waals surface area contributed by atoms with Gasteiger partial charge in [0, 0.05) is 67.3 Å². The van der Waals surface area contributed by atoms with E-state index in [0.29, 0.717) is 0 Å². The third kappa shape index (κ3) is 4.20. The number of nitrogens with zero attached hydrogens (tertiary/aromatic N) is 2. The van der Waals surface area contributed by atoms with Crippen LogP contribution in [0.3, 0.4) is 0 Å². The number of rotatable bonds is 7. The topological polar surface area (TPSA) is 93.5 Å². The van der Waals surface area contributed by atoms with E-state index in [-0.39, 0.29) is 0 Å². The summed E-state index contributed by atoms with van der Waals surface area (Å²) in [5.41, 5.74) is 11.0. The number of hydrogen-bond acceptors (Lipinski definition) is 6. The zero-order valence-corrected chi connectivity index (χ0v) is 17.6. The van der Waals surface area contributed by atoms with Crippen LogP contribution < -0.4 is 21.7 Å². The average Bonchev–Trinajstić information content (AvgIpc) is 3.47. The minimum absolute atomic E-state index is 0.884. The fourth-order valence-corrected chi connectivity index (χ4v) is 4.26. The number of nitrogens with one attached hydrogen (secondary N) is 4. The monoisotopic (exact) mass is 415 g/mol. The summed E-state index contributed by atoms with van der Waals surface area (Å²) in [4.78, 5) is 10.3. The minimum Gasteiger partial charge on any atom is -0.372 e. The molecule has 3 heterocycles. The molecule has 0 aliphatic carbocycles. The molecule has 0 amide bonds. The van der Waals surface area contributed by atoms with Gasteiger partial charge in [0.25, 0.3) is 0 Å².